The number of fused-ring (bicyclic) bond motifs is 2. The summed E-state index contributed by atoms with van der Waals surface area (Å²) in [5.74, 6) is 0.616. The van der Waals surface area contributed by atoms with E-state index in [-0.39, 0.29) is 12.5 Å². The summed E-state index contributed by atoms with van der Waals surface area (Å²) in [5.41, 5.74) is 4.29. The highest BCUT2D eigenvalue weighted by Gasteiger charge is 2.32. The predicted octanol–water partition coefficient (Wildman–Crippen LogP) is 3.06. The van der Waals surface area contributed by atoms with Crippen LogP contribution in [0.3, 0.4) is 0 Å². The molecule has 0 saturated carbocycles. The molecule has 2 aromatic carbocycles. The molecule has 1 aliphatic rings. The monoisotopic (exact) mass is 461 g/mol. The second kappa shape index (κ2) is 8.49. The summed E-state index contributed by atoms with van der Waals surface area (Å²) in [6.45, 7) is 3.40. The van der Waals surface area contributed by atoms with Gasteiger partial charge in [-0.05, 0) is 43.7 Å². The Hall–Kier alpha value is -3.85. The van der Waals surface area contributed by atoms with Gasteiger partial charge in [0.25, 0.3) is 5.91 Å². The normalized spacial score (nSPS) is 18.5. The predicted molar refractivity (Wildman–Crippen MR) is 129 cm³/mol. The first kappa shape index (κ1) is 22.0. The standard InChI is InChI=1S/C25H27N5O4/c1-3-30-19-7-5-4-6-15(19)13-21(30)23-26-17-12-16(8-9-20(17)28(23)2)24(32)29-11-10-22(31)18(14-29)27-25(33)34/h4-9,12-13,18,22,27,31H,3,10-11,14H2,1-2H3,(H,33,34). The third kappa shape index (κ3) is 3.67. The molecule has 9 heteroatoms. The Morgan fingerprint density at radius 2 is 1.94 bits per heavy atom. The van der Waals surface area contributed by atoms with Crippen LogP contribution in [0.1, 0.15) is 23.7 Å². The number of hydrogen-bond acceptors (Lipinski definition) is 4. The lowest BCUT2D eigenvalue weighted by Gasteiger charge is -2.36. The lowest BCUT2D eigenvalue weighted by Crippen LogP contribution is -2.56. The van der Waals surface area contributed by atoms with Gasteiger partial charge in [0.1, 0.15) is 0 Å². The number of amides is 2. The van der Waals surface area contributed by atoms with Gasteiger partial charge in [0.05, 0.1) is 28.9 Å². The van der Waals surface area contributed by atoms with Crippen LogP contribution in [0.2, 0.25) is 0 Å². The lowest BCUT2D eigenvalue weighted by molar-refractivity contribution is 0.0378. The fourth-order valence-electron chi connectivity index (χ4n) is 4.91. The maximum Gasteiger partial charge on any atom is 0.405 e. The molecule has 2 amide bonds. The largest absolute Gasteiger partial charge is 0.465 e. The van der Waals surface area contributed by atoms with E-state index in [9.17, 15) is 14.7 Å². The smallest absolute Gasteiger partial charge is 0.405 e. The van der Waals surface area contributed by atoms with E-state index in [0.717, 1.165) is 34.5 Å². The molecule has 0 radical (unpaired) electrons. The van der Waals surface area contributed by atoms with Gasteiger partial charge in [0.15, 0.2) is 5.82 Å². The van der Waals surface area contributed by atoms with Gasteiger partial charge in [-0.25, -0.2) is 9.78 Å². The lowest BCUT2D eigenvalue weighted by atomic mass is 10.0. The van der Waals surface area contributed by atoms with Crippen molar-refractivity contribution >= 4 is 33.9 Å². The Kier molecular flexibility index (Phi) is 5.49. The molecule has 2 atom stereocenters. The summed E-state index contributed by atoms with van der Waals surface area (Å²) in [6.07, 6.45) is -1.72. The third-order valence-corrected chi connectivity index (χ3v) is 6.66. The fraction of sp³-hybridized carbons (Fsp3) is 0.320. The Labute approximate surface area is 196 Å². The summed E-state index contributed by atoms with van der Waals surface area (Å²) in [5, 5.41) is 22.6. The summed E-state index contributed by atoms with van der Waals surface area (Å²) in [7, 11) is 1.97. The van der Waals surface area contributed by atoms with Crippen LogP contribution in [0.15, 0.2) is 48.5 Å². The highest BCUT2D eigenvalue weighted by atomic mass is 16.4. The SMILES string of the molecule is CCn1c(-c2nc3cc(C(=O)N4CCC(O)C(NC(=O)O)C4)ccc3n2C)cc2ccccc21. The molecule has 5 rings (SSSR count). The number of aliphatic hydroxyl groups is 1. The number of nitrogens with zero attached hydrogens (tertiary/aromatic N) is 4. The van der Waals surface area contributed by atoms with Crippen molar-refractivity contribution in [3.8, 4) is 11.5 Å². The number of rotatable bonds is 4. The Bertz CT molecular complexity index is 1410. The van der Waals surface area contributed by atoms with Crippen molar-refractivity contribution in [3.63, 3.8) is 0 Å². The summed E-state index contributed by atoms with van der Waals surface area (Å²) in [4.78, 5) is 30.7. The van der Waals surface area contributed by atoms with E-state index in [1.807, 2.05) is 29.8 Å². The van der Waals surface area contributed by atoms with Crippen molar-refractivity contribution in [1.82, 2.24) is 24.3 Å². The van der Waals surface area contributed by atoms with Crippen LogP contribution in [0.25, 0.3) is 33.5 Å². The number of hydrogen-bond donors (Lipinski definition) is 3. The fourth-order valence-corrected chi connectivity index (χ4v) is 4.91. The first-order chi connectivity index (χ1) is 16.4. The topological polar surface area (TPSA) is 113 Å². The number of likely N-dealkylation sites (tertiary alicyclic amines) is 1. The van der Waals surface area contributed by atoms with Crippen molar-refractivity contribution in [2.45, 2.75) is 32.0 Å². The van der Waals surface area contributed by atoms with E-state index in [1.54, 1.807) is 17.0 Å². The van der Waals surface area contributed by atoms with Gasteiger partial charge in [-0.3, -0.25) is 4.79 Å². The first-order valence-electron chi connectivity index (χ1n) is 11.4. The Morgan fingerprint density at radius 3 is 2.71 bits per heavy atom. The zero-order chi connectivity index (χ0) is 24.0. The minimum Gasteiger partial charge on any atom is -0.465 e. The minimum absolute atomic E-state index is 0.119. The number of imidazole rings is 1. The number of aromatic nitrogens is 3. The molecule has 2 aromatic heterocycles. The van der Waals surface area contributed by atoms with Crippen LogP contribution in [0.5, 0.6) is 0 Å². The molecule has 0 aliphatic carbocycles. The van der Waals surface area contributed by atoms with Gasteiger partial charge in [0.2, 0.25) is 0 Å². The summed E-state index contributed by atoms with van der Waals surface area (Å²) < 4.78 is 4.27. The number of carboxylic acid groups (broad SMARTS) is 1. The van der Waals surface area contributed by atoms with Gasteiger partial charge in [0, 0.05) is 43.1 Å². The van der Waals surface area contributed by atoms with Crippen LogP contribution in [0, 0.1) is 0 Å². The van der Waals surface area contributed by atoms with Crippen LogP contribution in [-0.4, -0.2) is 66.5 Å². The molecule has 0 bridgehead atoms. The van der Waals surface area contributed by atoms with Gasteiger partial charge < -0.3 is 29.6 Å². The maximum absolute atomic E-state index is 13.2. The average Bonchev–Trinajstić information content (AvgIpc) is 3.36. The molecular weight excluding hydrogens is 434 g/mol. The van der Waals surface area contributed by atoms with Crippen LogP contribution in [0.4, 0.5) is 4.79 Å². The van der Waals surface area contributed by atoms with Crippen LogP contribution in [-0.2, 0) is 13.6 Å². The molecule has 1 saturated heterocycles. The number of aliphatic hydroxyl groups excluding tert-OH is 1. The molecule has 176 valence electrons. The molecule has 4 aromatic rings. The molecule has 0 spiro atoms. The number of carbonyl (C=O) groups is 2. The summed E-state index contributed by atoms with van der Waals surface area (Å²) >= 11 is 0. The van der Waals surface area contributed by atoms with Crippen molar-refractivity contribution in [1.29, 1.82) is 0 Å². The van der Waals surface area contributed by atoms with Gasteiger partial charge in [-0.1, -0.05) is 18.2 Å². The van der Waals surface area contributed by atoms with E-state index in [0.29, 0.717) is 24.0 Å². The number of benzene rings is 2. The number of para-hydroxylation sites is 1. The number of piperidine rings is 1. The molecule has 3 heterocycles. The van der Waals surface area contributed by atoms with Crippen LogP contribution >= 0.6 is 0 Å². The molecule has 1 fully saturated rings. The molecule has 9 nitrogen and oxygen atoms in total. The molecule has 1 aliphatic heterocycles. The van der Waals surface area contributed by atoms with E-state index < -0.39 is 18.2 Å². The number of carbonyl (C=O) groups excluding carboxylic acids is 1. The average molecular weight is 462 g/mol. The Balaban J connectivity index is 1.48. The number of aryl methyl sites for hydroxylation is 2. The minimum atomic E-state index is -1.22. The Morgan fingerprint density at radius 1 is 1.15 bits per heavy atom. The van der Waals surface area contributed by atoms with Crippen molar-refractivity contribution < 1.29 is 19.8 Å². The van der Waals surface area contributed by atoms with E-state index in [1.165, 1.54) is 0 Å². The van der Waals surface area contributed by atoms with Gasteiger partial charge >= 0.3 is 6.09 Å². The molecular formula is C25H27N5O4. The van der Waals surface area contributed by atoms with E-state index in [4.69, 9.17) is 10.1 Å². The molecule has 34 heavy (non-hydrogen) atoms. The maximum atomic E-state index is 13.2. The van der Waals surface area contributed by atoms with Crippen LogP contribution < -0.4 is 5.32 Å². The first-order valence-corrected chi connectivity index (χ1v) is 11.4. The summed E-state index contributed by atoms with van der Waals surface area (Å²) in [6, 6.07) is 15.1. The van der Waals surface area contributed by atoms with Crippen molar-refractivity contribution in [2.24, 2.45) is 7.05 Å². The molecule has 2 unspecified atom stereocenters. The van der Waals surface area contributed by atoms with E-state index >= 15 is 0 Å². The highest BCUT2D eigenvalue weighted by Crippen LogP contribution is 2.30. The van der Waals surface area contributed by atoms with Crippen molar-refractivity contribution in [2.75, 3.05) is 13.1 Å². The highest BCUT2D eigenvalue weighted by molar-refractivity contribution is 5.98. The third-order valence-electron chi connectivity index (χ3n) is 6.66. The zero-order valence-electron chi connectivity index (χ0n) is 19.1. The quantitative estimate of drug-likeness (QED) is 0.432. The number of nitrogens with one attached hydrogen (secondary N) is 1. The molecule has 3 N–H and O–H groups in total. The van der Waals surface area contributed by atoms with Crippen molar-refractivity contribution in [3.05, 3.63) is 54.1 Å². The second-order valence-electron chi connectivity index (χ2n) is 8.69. The van der Waals surface area contributed by atoms with E-state index in [2.05, 4.69) is 35.0 Å². The zero-order valence-corrected chi connectivity index (χ0v) is 19.1. The van der Waals surface area contributed by atoms with Gasteiger partial charge in [-0.15, -0.1) is 0 Å². The second-order valence-corrected chi connectivity index (χ2v) is 8.69. The van der Waals surface area contributed by atoms with Gasteiger partial charge in [-0.2, -0.15) is 0 Å².